The zero-order chi connectivity index (χ0) is 13.6. The highest BCUT2D eigenvalue weighted by Crippen LogP contribution is 2.59. The minimum absolute atomic E-state index is 0.440. The molecule has 0 aromatic carbocycles. The van der Waals surface area contributed by atoms with E-state index in [2.05, 4.69) is 12.2 Å². The minimum atomic E-state index is 0.440. The molecule has 1 N–H and O–H groups in total. The van der Waals surface area contributed by atoms with Gasteiger partial charge in [0.05, 0.1) is 0 Å². The summed E-state index contributed by atoms with van der Waals surface area (Å²) in [6.45, 7) is 4.51. The lowest BCUT2D eigenvalue weighted by molar-refractivity contribution is -0.121. The first-order valence-electron chi connectivity index (χ1n) is 8.52. The molecule has 1 aliphatic heterocycles. The molecular weight excluding hydrogens is 234 g/mol. The highest BCUT2D eigenvalue weighted by atomic mass is 16.1. The predicted octanol–water partition coefficient (Wildman–Crippen LogP) is 4.09. The van der Waals surface area contributed by atoms with Crippen LogP contribution in [0.15, 0.2) is 0 Å². The van der Waals surface area contributed by atoms with Crippen molar-refractivity contribution in [2.45, 2.75) is 77.6 Å². The lowest BCUT2D eigenvalue weighted by atomic mass is 9.90. The Kier molecular flexibility index (Phi) is 5.87. The van der Waals surface area contributed by atoms with Crippen LogP contribution < -0.4 is 5.32 Å². The number of hydrogen-bond acceptors (Lipinski definition) is 2. The molecule has 1 heterocycles. The zero-order valence-electron chi connectivity index (χ0n) is 12.7. The Balaban J connectivity index is 1.51. The SMILES string of the molecule is CCCCCCCCCC(=O)C1CC12CCNCC2. The van der Waals surface area contributed by atoms with Gasteiger partial charge < -0.3 is 5.32 Å². The van der Waals surface area contributed by atoms with Crippen LogP contribution in [0.25, 0.3) is 0 Å². The molecule has 2 fully saturated rings. The van der Waals surface area contributed by atoms with Gasteiger partial charge in [-0.15, -0.1) is 0 Å². The van der Waals surface area contributed by atoms with E-state index in [0.29, 0.717) is 17.1 Å². The molecule has 1 atom stereocenters. The van der Waals surface area contributed by atoms with Crippen LogP contribution in [0.5, 0.6) is 0 Å². The number of Topliss-reactive ketones (excluding diaryl/α,β-unsaturated/α-hetero) is 1. The third kappa shape index (κ3) is 4.30. The fourth-order valence-electron chi connectivity index (χ4n) is 3.71. The molecule has 0 aromatic heterocycles. The average molecular weight is 265 g/mol. The van der Waals surface area contributed by atoms with E-state index in [-0.39, 0.29) is 0 Å². The van der Waals surface area contributed by atoms with Crippen molar-refractivity contribution < 1.29 is 4.79 Å². The molecule has 0 radical (unpaired) electrons. The predicted molar refractivity (Wildman–Crippen MR) is 80.3 cm³/mol. The number of ketones is 1. The van der Waals surface area contributed by atoms with Gasteiger partial charge in [0.15, 0.2) is 0 Å². The third-order valence-corrected chi connectivity index (χ3v) is 5.20. The van der Waals surface area contributed by atoms with Gasteiger partial charge >= 0.3 is 0 Å². The monoisotopic (exact) mass is 265 g/mol. The fraction of sp³-hybridized carbons (Fsp3) is 0.941. The Morgan fingerprint density at radius 3 is 2.37 bits per heavy atom. The molecule has 0 amide bonds. The molecule has 2 heteroatoms. The fourth-order valence-corrected chi connectivity index (χ4v) is 3.71. The molecule has 1 aliphatic carbocycles. The van der Waals surface area contributed by atoms with Gasteiger partial charge in [0.25, 0.3) is 0 Å². The van der Waals surface area contributed by atoms with Gasteiger partial charge in [-0.25, -0.2) is 0 Å². The largest absolute Gasteiger partial charge is 0.317 e. The molecule has 2 nitrogen and oxygen atoms in total. The molecule has 1 saturated carbocycles. The molecule has 1 saturated heterocycles. The first-order chi connectivity index (χ1) is 9.28. The van der Waals surface area contributed by atoms with Crippen LogP contribution >= 0.6 is 0 Å². The molecule has 0 aromatic rings. The normalized spacial score (nSPS) is 24.6. The number of carbonyl (C=O) groups excluding carboxylic acids is 1. The average Bonchev–Trinajstić information content (AvgIpc) is 3.12. The first-order valence-corrected chi connectivity index (χ1v) is 8.52. The number of nitrogens with one attached hydrogen (secondary N) is 1. The van der Waals surface area contributed by atoms with E-state index in [4.69, 9.17) is 0 Å². The Morgan fingerprint density at radius 1 is 1.05 bits per heavy atom. The summed E-state index contributed by atoms with van der Waals surface area (Å²) in [7, 11) is 0. The highest BCUT2D eigenvalue weighted by Gasteiger charge is 2.56. The van der Waals surface area contributed by atoms with Gasteiger partial charge in [-0.1, -0.05) is 45.4 Å². The Labute approximate surface area is 118 Å². The summed E-state index contributed by atoms with van der Waals surface area (Å²) in [5.74, 6) is 1.02. The van der Waals surface area contributed by atoms with E-state index >= 15 is 0 Å². The van der Waals surface area contributed by atoms with Crippen molar-refractivity contribution in [1.29, 1.82) is 0 Å². The van der Waals surface area contributed by atoms with Crippen molar-refractivity contribution >= 4 is 5.78 Å². The maximum Gasteiger partial charge on any atom is 0.136 e. The quantitative estimate of drug-likeness (QED) is 0.636. The van der Waals surface area contributed by atoms with Crippen LogP contribution in [0.4, 0.5) is 0 Å². The van der Waals surface area contributed by atoms with E-state index in [1.165, 1.54) is 57.8 Å². The number of carbonyl (C=O) groups is 1. The molecule has 110 valence electrons. The first kappa shape index (κ1) is 15.0. The van der Waals surface area contributed by atoms with Gasteiger partial charge in [0.1, 0.15) is 5.78 Å². The number of rotatable bonds is 9. The summed E-state index contributed by atoms with van der Waals surface area (Å²) in [4.78, 5) is 12.2. The van der Waals surface area contributed by atoms with Crippen LogP contribution in [0, 0.1) is 11.3 Å². The van der Waals surface area contributed by atoms with Gasteiger partial charge in [-0.2, -0.15) is 0 Å². The van der Waals surface area contributed by atoms with Crippen LogP contribution in [-0.4, -0.2) is 18.9 Å². The van der Waals surface area contributed by atoms with Gasteiger partial charge in [-0.3, -0.25) is 4.79 Å². The molecule has 19 heavy (non-hydrogen) atoms. The maximum atomic E-state index is 12.2. The Morgan fingerprint density at radius 2 is 1.68 bits per heavy atom. The smallest absolute Gasteiger partial charge is 0.136 e. The molecule has 2 aliphatic rings. The Hall–Kier alpha value is -0.370. The topological polar surface area (TPSA) is 29.1 Å². The van der Waals surface area contributed by atoms with Gasteiger partial charge in [0, 0.05) is 12.3 Å². The standard InChI is InChI=1S/C17H31NO/c1-2-3-4-5-6-7-8-9-16(19)15-14-17(15)10-12-18-13-11-17/h15,18H,2-14H2,1H3. The molecule has 2 rings (SSSR count). The lowest BCUT2D eigenvalue weighted by Gasteiger charge is -2.23. The molecule has 1 unspecified atom stereocenters. The van der Waals surface area contributed by atoms with Crippen LogP contribution in [0.3, 0.4) is 0 Å². The van der Waals surface area contributed by atoms with Crippen molar-refractivity contribution in [3.05, 3.63) is 0 Å². The third-order valence-electron chi connectivity index (χ3n) is 5.20. The summed E-state index contributed by atoms with van der Waals surface area (Å²) < 4.78 is 0. The number of piperidine rings is 1. The summed E-state index contributed by atoms with van der Waals surface area (Å²) >= 11 is 0. The van der Waals surface area contributed by atoms with E-state index < -0.39 is 0 Å². The van der Waals surface area contributed by atoms with Crippen molar-refractivity contribution in [1.82, 2.24) is 5.32 Å². The van der Waals surface area contributed by atoms with Crippen molar-refractivity contribution in [3.8, 4) is 0 Å². The molecule has 0 bridgehead atoms. The van der Waals surface area contributed by atoms with Crippen molar-refractivity contribution in [3.63, 3.8) is 0 Å². The number of hydrogen-bond donors (Lipinski definition) is 1. The van der Waals surface area contributed by atoms with Crippen LogP contribution in [0.2, 0.25) is 0 Å². The second-order valence-electron chi connectivity index (χ2n) is 6.71. The maximum absolute atomic E-state index is 12.2. The Bertz CT molecular complexity index is 281. The number of unbranched alkanes of at least 4 members (excludes halogenated alkanes) is 6. The van der Waals surface area contributed by atoms with Crippen molar-refractivity contribution in [2.75, 3.05) is 13.1 Å². The summed E-state index contributed by atoms with van der Waals surface area (Å²) in [6.07, 6.45) is 13.7. The lowest BCUT2D eigenvalue weighted by Crippen LogP contribution is -2.30. The van der Waals surface area contributed by atoms with Crippen LogP contribution in [-0.2, 0) is 4.79 Å². The minimum Gasteiger partial charge on any atom is -0.317 e. The highest BCUT2D eigenvalue weighted by molar-refractivity contribution is 5.84. The summed E-state index contributed by atoms with van der Waals surface area (Å²) in [6, 6.07) is 0. The van der Waals surface area contributed by atoms with Crippen LogP contribution in [0.1, 0.15) is 77.6 Å². The summed E-state index contributed by atoms with van der Waals surface area (Å²) in [5, 5.41) is 3.41. The van der Waals surface area contributed by atoms with E-state index in [9.17, 15) is 4.79 Å². The second-order valence-corrected chi connectivity index (χ2v) is 6.71. The summed E-state index contributed by atoms with van der Waals surface area (Å²) in [5.41, 5.74) is 0.448. The van der Waals surface area contributed by atoms with Gasteiger partial charge in [0.2, 0.25) is 0 Å². The van der Waals surface area contributed by atoms with E-state index in [0.717, 1.165) is 25.9 Å². The van der Waals surface area contributed by atoms with E-state index in [1.807, 2.05) is 0 Å². The van der Waals surface area contributed by atoms with Gasteiger partial charge in [-0.05, 0) is 44.2 Å². The molecule has 1 spiro atoms. The second kappa shape index (κ2) is 7.42. The van der Waals surface area contributed by atoms with Crippen molar-refractivity contribution in [2.24, 2.45) is 11.3 Å². The zero-order valence-corrected chi connectivity index (χ0v) is 12.7. The molecular formula is C17H31NO. The van der Waals surface area contributed by atoms with E-state index in [1.54, 1.807) is 0 Å².